The van der Waals surface area contributed by atoms with E-state index in [-0.39, 0.29) is 18.4 Å². The number of nitrogens with zero attached hydrogens (tertiary/aromatic N) is 2. The van der Waals surface area contributed by atoms with Crippen molar-refractivity contribution in [2.24, 2.45) is 5.92 Å². The number of aromatic nitrogens is 1. The zero-order valence-electron chi connectivity index (χ0n) is 21.2. The number of hydrogen-bond acceptors (Lipinski definition) is 6. The topological polar surface area (TPSA) is 83.9 Å². The van der Waals surface area contributed by atoms with Gasteiger partial charge in [-0.2, -0.15) is 0 Å². The minimum absolute atomic E-state index is 0.0547. The standard InChI is InChI=1S/C29H39N3O4/c33-28(34)17-24(23-4-1-6-26(16-23)36-20-27-7-3-15-35-27)19-32-14-12-21(18-32)8-10-25-11-9-22-5-2-13-30-29(22)31-25/h1,4,6,9,11,16,21,24,27H,2-3,5,7-8,10,12-15,17-20H2,(H,30,31)(H,33,34)/t21-,24?,27+/m1/s1. The Bertz CT molecular complexity index is 1020. The summed E-state index contributed by atoms with van der Waals surface area (Å²) < 4.78 is 11.6. The maximum Gasteiger partial charge on any atom is 0.304 e. The molecule has 7 nitrogen and oxygen atoms in total. The molecule has 4 heterocycles. The minimum Gasteiger partial charge on any atom is -0.491 e. The first kappa shape index (κ1) is 25.0. The van der Waals surface area contributed by atoms with Crippen LogP contribution in [0.4, 0.5) is 5.82 Å². The Morgan fingerprint density at radius 1 is 1.25 bits per heavy atom. The lowest BCUT2D eigenvalue weighted by Gasteiger charge is -2.24. The Hall–Kier alpha value is -2.64. The Labute approximate surface area is 214 Å². The number of rotatable bonds is 11. The summed E-state index contributed by atoms with van der Waals surface area (Å²) in [5, 5.41) is 13.0. The second-order valence-corrected chi connectivity index (χ2v) is 10.6. The third kappa shape index (κ3) is 6.77. The van der Waals surface area contributed by atoms with Gasteiger partial charge < -0.3 is 24.8 Å². The highest BCUT2D eigenvalue weighted by molar-refractivity contribution is 5.68. The molecular weight excluding hydrogens is 454 g/mol. The summed E-state index contributed by atoms with van der Waals surface area (Å²) in [4.78, 5) is 19.0. The van der Waals surface area contributed by atoms with Crippen LogP contribution in [0.3, 0.4) is 0 Å². The summed E-state index contributed by atoms with van der Waals surface area (Å²) >= 11 is 0. The van der Waals surface area contributed by atoms with Crippen LogP contribution in [0.25, 0.3) is 0 Å². The summed E-state index contributed by atoms with van der Waals surface area (Å²) in [5.74, 6) is 1.69. The number of carboxylic acid groups (broad SMARTS) is 1. The van der Waals surface area contributed by atoms with Crippen LogP contribution in [0.15, 0.2) is 36.4 Å². The highest BCUT2D eigenvalue weighted by Crippen LogP contribution is 2.29. The van der Waals surface area contributed by atoms with Crippen LogP contribution < -0.4 is 10.1 Å². The van der Waals surface area contributed by atoms with Crippen molar-refractivity contribution in [3.05, 3.63) is 53.2 Å². The van der Waals surface area contributed by atoms with E-state index in [1.165, 1.54) is 17.7 Å². The molecule has 1 unspecified atom stereocenters. The van der Waals surface area contributed by atoms with Crippen LogP contribution in [0.1, 0.15) is 61.3 Å². The van der Waals surface area contributed by atoms with Gasteiger partial charge in [0.05, 0.1) is 12.5 Å². The molecule has 0 radical (unpaired) electrons. The van der Waals surface area contributed by atoms with Gasteiger partial charge in [0, 0.05) is 37.9 Å². The molecule has 194 valence electrons. The molecule has 1 aromatic heterocycles. The lowest BCUT2D eigenvalue weighted by atomic mass is 9.94. The Balaban J connectivity index is 1.14. The predicted molar refractivity (Wildman–Crippen MR) is 140 cm³/mol. The number of ether oxygens (including phenoxy) is 2. The number of carboxylic acids is 1. The fourth-order valence-electron chi connectivity index (χ4n) is 5.81. The summed E-state index contributed by atoms with van der Waals surface area (Å²) in [5.41, 5.74) is 3.55. The van der Waals surface area contributed by atoms with Gasteiger partial charge in [0.2, 0.25) is 0 Å². The van der Waals surface area contributed by atoms with Crippen LogP contribution in [-0.4, -0.2) is 66.5 Å². The van der Waals surface area contributed by atoms with E-state index in [0.29, 0.717) is 12.5 Å². The number of likely N-dealkylation sites (tertiary alicyclic amines) is 1. The van der Waals surface area contributed by atoms with Gasteiger partial charge in [0.15, 0.2) is 0 Å². The predicted octanol–water partition coefficient (Wildman–Crippen LogP) is 4.51. The first-order chi connectivity index (χ1) is 17.6. The zero-order valence-corrected chi connectivity index (χ0v) is 21.2. The van der Waals surface area contributed by atoms with E-state index >= 15 is 0 Å². The van der Waals surface area contributed by atoms with E-state index in [4.69, 9.17) is 14.5 Å². The number of aliphatic carboxylic acids is 1. The summed E-state index contributed by atoms with van der Waals surface area (Å²) in [6.45, 7) is 5.19. The van der Waals surface area contributed by atoms with Crippen molar-refractivity contribution in [3.8, 4) is 5.75 Å². The van der Waals surface area contributed by atoms with E-state index in [0.717, 1.165) is 88.4 Å². The van der Waals surface area contributed by atoms with Gasteiger partial charge in [-0.15, -0.1) is 0 Å². The summed E-state index contributed by atoms with van der Waals surface area (Å²) in [7, 11) is 0. The van der Waals surface area contributed by atoms with Crippen LogP contribution in [-0.2, 0) is 22.4 Å². The van der Waals surface area contributed by atoms with Crippen molar-refractivity contribution in [2.45, 2.75) is 63.4 Å². The second-order valence-electron chi connectivity index (χ2n) is 10.6. The smallest absolute Gasteiger partial charge is 0.304 e. The normalized spacial score (nSPS) is 22.7. The van der Waals surface area contributed by atoms with Crippen LogP contribution >= 0.6 is 0 Å². The maximum atomic E-state index is 11.7. The first-order valence-electron chi connectivity index (χ1n) is 13.6. The molecule has 2 saturated heterocycles. The fourth-order valence-corrected chi connectivity index (χ4v) is 5.81. The third-order valence-corrected chi connectivity index (χ3v) is 7.82. The van der Waals surface area contributed by atoms with Crippen molar-refractivity contribution in [1.82, 2.24) is 9.88 Å². The Morgan fingerprint density at radius 3 is 3.06 bits per heavy atom. The van der Waals surface area contributed by atoms with Crippen LogP contribution in [0.2, 0.25) is 0 Å². The molecule has 36 heavy (non-hydrogen) atoms. The summed E-state index contributed by atoms with van der Waals surface area (Å²) in [6.07, 6.45) is 8.00. The lowest BCUT2D eigenvalue weighted by molar-refractivity contribution is -0.137. The van der Waals surface area contributed by atoms with Gasteiger partial charge >= 0.3 is 5.97 Å². The van der Waals surface area contributed by atoms with Gasteiger partial charge in [-0.3, -0.25) is 4.79 Å². The number of hydrogen-bond donors (Lipinski definition) is 2. The Kier molecular flexibility index (Phi) is 8.39. The van der Waals surface area contributed by atoms with Gasteiger partial charge in [-0.25, -0.2) is 4.98 Å². The first-order valence-corrected chi connectivity index (χ1v) is 13.6. The largest absolute Gasteiger partial charge is 0.491 e. The van der Waals surface area contributed by atoms with E-state index < -0.39 is 5.97 Å². The molecule has 0 saturated carbocycles. The molecule has 7 heteroatoms. The average Bonchev–Trinajstić information content (AvgIpc) is 3.58. The fraction of sp³-hybridized carbons (Fsp3) is 0.586. The molecule has 0 amide bonds. The zero-order chi connectivity index (χ0) is 24.7. The molecule has 5 rings (SSSR count). The van der Waals surface area contributed by atoms with Gasteiger partial charge in [-0.1, -0.05) is 18.2 Å². The maximum absolute atomic E-state index is 11.7. The number of carbonyl (C=O) groups is 1. The molecule has 3 aliphatic rings. The van der Waals surface area contributed by atoms with Crippen molar-refractivity contribution < 1.29 is 19.4 Å². The molecule has 0 spiro atoms. The molecule has 1 aromatic carbocycles. The highest BCUT2D eigenvalue weighted by atomic mass is 16.5. The highest BCUT2D eigenvalue weighted by Gasteiger charge is 2.27. The second kappa shape index (κ2) is 12.1. The molecule has 3 atom stereocenters. The SMILES string of the molecule is O=C(O)CC(CN1CC[C@@H](CCc2ccc3c(n2)NCCC3)C1)c1cccc(OC[C@@H]2CCCO2)c1. The number of aryl methyl sites for hydroxylation is 2. The third-order valence-electron chi connectivity index (χ3n) is 7.82. The van der Waals surface area contributed by atoms with E-state index in [1.54, 1.807) is 0 Å². The average molecular weight is 494 g/mol. The lowest BCUT2D eigenvalue weighted by Crippen LogP contribution is -2.28. The molecule has 2 N–H and O–H groups in total. The molecule has 0 bridgehead atoms. The number of pyridine rings is 1. The number of anilines is 1. The molecule has 2 fully saturated rings. The van der Waals surface area contributed by atoms with Crippen molar-refractivity contribution >= 4 is 11.8 Å². The molecule has 2 aromatic rings. The van der Waals surface area contributed by atoms with Crippen LogP contribution in [0, 0.1) is 5.92 Å². The van der Waals surface area contributed by atoms with Crippen LogP contribution in [0.5, 0.6) is 5.75 Å². The number of nitrogens with one attached hydrogen (secondary N) is 1. The minimum atomic E-state index is -0.756. The summed E-state index contributed by atoms with van der Waals surface area (Å²) in [6, 6.07) is 12.4. The molecular formula is C29H39N3O4. The van der Waals surface area contributed by atoms with Crippen molar-refractivity contribution in [2.75, 3.05) is 44.7 Å². The van der Waals surface area contributed by atoms with E-state index in [1.807, 2.05) is 24.3 Å². The van der Waals surface area contributed by atoms with Gasteiger partial charge in [0.1, 0.15) is 18.2 Å². The Morgan fingerprint density at radius 2 is 2.19 bits per heavy atom. The quantitative estimate of drug-likeness (QED) is 0.476. The van der Waals surface area contributed by atoms with E-state index in [2.05, 4.69) is 22.3 Å². The monoisotopic (exact) mass is 493 g/mol. The van der Waals surface area contributed by atoms with Gasteiger partial charge in [0.25, 0.3) is 0 Å². The van der Waals surface area contributed by atoms with E-state index in [9.17, 15) is 9.90 Å². The molecule has 3 aliphatic heterocycles. The number of fused-ring (bicyclic) bond motifs is 1. The van der Waals surface area contributed by atoms with Gasteiger partial charge in [-0.05, 0) is 86.7 Å². The number of benzene rings is 1. The van der Waals surface area contributed by atoms with Crippen molar-refractivity contribution in [1.29, 1.82) is 0 Å². The molecule has 0 aliphatic carbocycles. The van der Waals surface area contributed by atoms with Crippen molar-refractivity contribution in [3.63, 3.8) is 0 Å².